The molecule has 3 heteroatoms. The molecule has 1 aromatic rings. The fourth-order valence-corrected chi connectivity index (χ4v) is 0.513. The number of carbonyl (C=O) groups is 1. The van der Waals surface area contributed by atoms with Gasteiger partial charge in [-0.25, -0.2) is 0 Å². The molecule has 0 saturated carbocycles. The summed E-state index contributed by atoms with van der Waals surface area (Å²) in [6.45, 7) is 3.06. The Bertz CT molecular complexity index is 271. The lowest BCUT2D eigenvalue weighted by Gasteiger charge is -1.80. The Kier molecular flexibility index (Phi) is 9.02. The Morgan fingerprint density at radius 3 is 1.85 bits per heavy atom. The molecule has 0 bridgehead atoms. The van der Waals surface area contributed by atoms with E-state index in [0.717, 1.165) is 0 Å². The zero-order valence-electron chi connectivity index (χ0n) is 7.74. The van der Waals surface area contributed by atoms with E-state index >= 15 is 0 Å². The van der Waals surface area contributed by atoms with Crippen molar-refractivity contribution in [2.45, 2.75) is 13.8 Å². The quantitative estimate of drug-likeness (QED) is 0.602. The van der Waals surface area contributed by atoms with Crippen molar-refractivity contribution in [2.24, 2.45) is 0 Å². The second-order valence-electron chi connectivity index (χ2n) is 2.39. The van der Waals surface area contributed by atoms with Crippen molar-refractivity contribution in [3.63, 3.8) is 0 Å². The lowest BCUT2D eigenvalue weighted by molar-refractivity contribution is -0.114. The van der Waals surface area contributed by atoms with E-state index in [1.54, 1.807) is 12.1 Å². The van der Waals surface area contributed by atoms with Crippen LogP contribution in [0.3, 0.4) is 0 Å². The summed E-state index contributed by atoms with van der Waals surface area (Å²) in [7, 11) is 0. The number of Topliss-reactive ketones (excluding diaryl/α,β-unsaturated/α-hetero) is 1. The molecule has 0 aliphatic carbocycles. The van der Waals surface area contributed by atoms with E-state index in [9.17, 15) is 4.79 Å². The van der Waals surface area contributed by atoms with Gasteiger partial charge in [-0.1, -0.05) is 18.2 Å². The van der Waals surface area contributed by atoms with E-state index in [4.69, 9.17) is 5.26 Å². The van der Waals surface area contributed by atoms with Crippen molar-refractivity contribution in [3.05, 3.63) is 35.9 Å². The number of rotatable bonds is 0. The molecule has 0 aliphatic heterocycles. The number of nitriles is 1. The minimum atomic E-state index is 0. The zero-order chi connectivity index (χ0) is 9.40. The van der Waals surface area contributed by atoms with Gasteiger partial charge in [-0.15, -0.1) is 0 Å². The van der Waals surface area contributed by atoms with Gasteiger partial charge in [-0.3, -0.25) is 0 Å². The summed E-state index contributed by atoms with van der Waals surface area (Å²) >= 11 is 0. The molecule has 0 heterocycles. The standard InChI is InChI=1S/C7H5N.C3H6O.H2O/c8-6-7-4-2-1-3-5-7;1-3(2)4;/h1-5H;1-2H3;1H2. The van der Waals surface area contributed by atoms with E-state index < -0.39 is 0 Å². The molecule has 3 nitrogen and oxygen atoms in total. The van der Waals surface area contributed by atoms with Crippen molar-refractivity contribution in [1.29, 1.82) is 5.26 Å². The molecule has 1 aromatic carbocycles. The maximum Gasteiger partial charge on any atom is 0.126 e. The van der Waals surface area contributed by atoms with Crippen molar-refractivity contribution in [3.8, 4) is 6.07 Å². The van der Waals surface area contributed by atoms with Crippen LogP contribution in [-0.2, 0) is 4.79 Å². The van der Waals surface area contributed by atoms with Crippen molar-refractivity contribution in [2.75, 3.05) is 0 Å². The van der Waals surface area contributed by atoms with Crippen LogP contribution in [0.4, 0.5) is 0 Å². The molecule has 0 unspecified atom stereocenters. The van der Waals surface area contributed by atoms with Crippen LogP contribution in [0.2, 0.25) is 0 Å². The second-order valence-corrected chi connectivity index (χ2v) is 2.39. The Labute approximate surface area is 77.9 Å². The molecule has 0 spiro atoms. The monoisotopic (exact) mass is 179 g/mol. The molecular weight excluding hydrogens is 166 g/mol. The van der Waals surface area contributed by atoms with Gasteiger partial charge in [0.1, 0.15) is 5.78 Å². The van der Waals surface area contributed by atoms with E-state index in [0.29, 0.717) is 5.56 Å². The number of nitrogens with zero attached hydrogens (tertiary/aromatic N) is 1. The van der Waals surface area contributed by atoms with Crippen molar-refractivity contribution >= 4 is 5.78 Å². The third-order valence-corrected chi connectivity index (χ3v) is 0.903. The molecule has 1 rings (SSSR count). The smallest absolute Gasteiger partial charge is 0.126 e. The van der Waals surface area contributed by atoms with E-state index in [1.165, 1.54) is 13.8 Å². The third kappa shape index (κ3) is 10.3. The summed E-state index contributed by atoms with van der Waals surface area (Å²) < 4.78 is 0. The summed E-state index contributed by atoms with van der Waals surface area (Å²) in [6, 6.07) is 11.2. The molecule has 0 aromatic heterocycles. The molecule has 0 fully saturated rings. The van der Waals surface area contributed by atoms with Crippen LogP contribution in [0.1, 0.15) is 19.4 Å². The molecule has 70 valence electrons. The van der Waals surface area contributed by atoms with Crippen LogP contribution in [0, 0.1) is 11.3 Å². The molecule has 0 amide bonds. The minimum Gasteiger partial charge on any atom is -0.412 e. The average molecular weight is 179 g/mol. The first kappa shape index (κ1) is 13.9. The Balaban J connectivity index is 0. The normalized spacial score (nSPS) is 6.85. The van der Waals surface area contributed by atoms with E-state index in [-0.39, 0.29) is 11.3 Å². The molecule has 13 heavy (non-hydrogen) atoms. The van der Waals surface area contributed by atoms with Gasteiger partial charge in [0.15, 0.2) is 0 Å². The van der Waals surface area contributed by atoms with Crippen LogP contribution in [0.15, 0.2) is 30.3 Å². The summed E-state index contributed by atoms with van der Waals surface area (Å²) in [5.41, 5.74) is 0.715. The van der Waals surface area contributed by atoms with Gasteiger partial charge in [0.05, 0.1) is 11.6 Å². The highest BCUT2D eigenvalue weighted by Crippen LogP contribution is 1.92. The fourth-order valence-electron chi connectivity index (χ4n) is 0.513. The Morgan fingerprint density at radius 2 is 1.62 bits per heavy atom. The van der Waals surface area contributed by atoms with Gasteiger partial charge < -0.3 is 10.3 Å². The lowest BCUT2D eigenvalue weighted by Crippen LogP contribution is -1.69. The molecule has 0 radical (unpaired) electrons. The maximum absolute atomic E-state index is 9.44. The topological polar surface area (TPSA) is 72.4 Å². The average Bonchev–Trinajstić information content (AvgIpc) is 2.05. The highest BCUT2D eigenvalue weighted by atomic mass is 16.1. The minimum absolute atomic E-state index is 0. The number of hydrogen-bond donors (Lipinski definition) is 0. The predicted molar refractivity (Wildman–Crippen MR) is 51.1 cm³/mol. The molecule has 0 aliphatic rings. The highest BCUT2D eigenvalue weighted by molar-refractivity contribution is 5.72. The predicted octanol–water partition coefficient (Wildman–Crippen LogP) is 1.33. The van der Waals surface area contributed by atoms with Crippen molar-refractivity contribution < 1.29 is 10.3 Å². The first-order chi connectivity index (χ1) is 5.66. The second kappa shape index (κ2) is 8.44. The van der Waals surface area contributed by atoms with Gasteiger partial charge in [-0.05, 0) is 26.0 Å². The first-order valence-corrected chi connectivity index (χ1v) is 3.59. The van der Waals surface area contributed by atoms with Gasteiger partial charge in [0.25, 0.3) is 0 Å². The Morgan fingerprint density at radius 1 is 1.23 bits per heavy atom. The summed E-state index contributed by atoms with van der Waals surface area (Å²) in [4.78, 5) is 9.44. The maximum atomic E-state index is 9.44. The van der Waals surface area contributed by atoms with Crippen LogP contribution >= 0.6 is 0 Å². The van der Waals surface area contributed by atoms with Gasteiger partial charge >= 0.3 is 0 Å². The molecular formula is C10H13NO2. The lowest BCUT2D eigenvalue weighted by atomic mass is 10.2. The zero-order valence-corrected chi connectivity index (χ0v) is 7.74. The number of benzene rings is 1. The van der Waals surface area contributed by atoms with Crippen LogP contribution < -0.4 is 0 Å². The Hall–Kier alpha value is -1.66. The fraction of sp³-hybridized carbons (Fsp3) is 0.200. The SMILES string of the molecule is CC(C)=O.N#Cc1ccccc1.O. The van der Waals surface area contributed by atoms with E-state index in [1.807, 2.05) is 24.3 Å². The number of ketones is 1. The van der Waals surface area contributed by atoms with Gasteiger partial charge in [-0.2, -0.15) is 5.26 Å². The van der Waals surface area contributed by atoms with Crippen LogP contribution in [0.5, 0.6) is 0 Å². The van der Waals surface area contributed by atoms with Gasteiger partial charge in [0.2, 0.25) is 0 Å². The molecule has 0 atom stereocenters. The largest absolute Gasteiger partial charge is 0.412 e. The number of hydrogen-bond acceptors (Lipinski definition) is 2. The highest BCUT2D eigenvalue weighted by Gasteiger charge is 1.79. The van der Waals surface area contributed by atoms with Gasteiger partial charge in [0, 0.05) is 0 Å². The third-order valence-electron chi connectivity index (χ3n) is 0.903. The number of carbonyl (C=O) groups excluding carboxylic acids is 1. The van der Waals surface area contributed by atoms with Crippen LogP contribution in [0.25, 0.3) is 0 Å². The van der Waals surface area contributed by atoms with Crippen molar-refractivity contribution in [1.82, 2.24) is 0 Å². The van der Waals surface area contributed by atoms with E-state index in [2.05, 4.69) is 0 Å². The summed E-state index contributed by atoms with van der Waals surface area (Å²) in [5.74, 6) is 0.167. The summed E-state index contributed by atoms with van der Waals surface area (Å²) in [5, 5.41) is 8.29. The first-order valence-electron chi connectivity index (χ1n) is 3.59. The molecule has 2 N–H and O–H groups in total. The van der Waals surface area contributed by atoms with Crippen LogP contribution in [-0.4, -0.2) is 11.3 Å². The summed E-state index contributed by atoms with van der Waals surface area (Å²) in [6.07, 6.45) is 0. The molecule has 0 saturated heterocycles.